The summed E-state index contributed by atoms with van der Waals surface area (Å²) in [4.78, 5) is 18.8. The molecule has 0 saturated heterocycles. The van der Waals surface area contributed by atoms with E-state index >= 15 is 0 Å². The Kier molecular flexibility index (Phi) is 11.8. The summed E-state index contributed by atoms with van der Waals surface area (Å²) in [5, 5.41) is 10.3. The normalized spacial score (nSPS) is 11.2. The van der Waals surface area contributed by atoms with Crippen molar-refractivity contribution in [3.8, 4) is 23.0 Å². The summed E-state index contributed by atoms with van der Waals surface area (Å²) in [5.74, 6) is 3.32. The van der Waals surface area contributed by atoms with Crippen LogP contribution in [0, 0.1) is 25.7 Å². The number of nitrogens with zero attached hydrogens (tertiary/aromatic N) is 5. The summed E-state index contributed by atoms with van der Waals surface area (Å²) in [6, 6.07) is 23.1. The molecule has 0 amide bonds. The third-order valence-electron chi connectivity index (χ3n) is 7.56. The number of aryl methyl sites for hydroxylation is 2. The van der Waals surface area contributed by atoms with Gasteiger partial charge >= 0.3 is 0 Å². The van der Waals surface area contributed by atoms with Crippen molar-refractivity contribution < 1.29 is 14.3 Å². The number of benzene rings is 3. The maximum absolute atomic E-state index is 10.8. The zero-order valence-electron chi connectivity index (χ0n) is 28.7. The molecular weight excluding hydrogens is 659 g/mol. The van der Waals surface area contributed by atoms with Gasteiger partial charge in [-0.05, 0) is 86.3 Å². The third kappa shape index (κ3) is 9.52. The Labute approximate surface area is 297 Å². The molecule has 11 heteroatoms. The van der Waals surface area contributed by atoms with E-state index in [1.165, 1.54) is 0 Å². The van der Waals surface area contributed by atoms with Gasteiger partial charge in [-0.3, -0.25) is 14.2 Å². The van der Waals surface area contributed by atoms with Gasteiger partial charge < -0.3 is 14.5 Å². The molecule has 0 radical (unpaired) electrons. The molecule has 0 aliphatic heterocycles. The van der Waals surface area contributed by atoms with Crippen LogP contribution >= 0.6 is 23.2 Å². The van der Waals surface area contributed by atoms with E-state index < -0.39 is 0 Å². The lowest BCUT2D eigenvalue weighted by Gasteiger charge is -2.14. The first-order chi connectivity index (χ1) is 23.5. The minimum Gasteiger partial charge on any atom is -0.493 e. The van der Waals surface area contributed by atoms with Crippen LogP contribution in [0.1, 0.15) is 60.7 Å². The standard InChI is InChI=1S/C22H23ClN4O.C16H19ClN2O2/c1-14(2)13-28-21-9-8-17(23)11-16(21)12-27-15(3)10-20(26-27)22-24-18-6-4-5-7-19(18)25-22;1-11(2)10-21-16-5-4-14(17)7-13(16)8-19-12(3)6-15(9-20)18-19/h4-11,14H,12-13H2,1-3H3,(H,24,25);4-7,9,11H,8,10H2,1-3H3. The fraction of sp³-hybridized carbons (Fsp3) is 0.316. The Balaban J connectivity index is 0.000000200. The van der Waals surface area contributed by atoms with E-state index in [9.17, 15) is 4.79 Å². The number of ether oxygens (including phenoxy) is 2. The maximum atomic E-state index is 10.8. The Hall–Kier alpha value is -4.60. The van der Waals surface area contributed by atoms with Crippen LogP contribution in [-0.4, -0.2) is 49.0 Å². The number of halogens is 2. The van der Waals surface area contributed by atoms with Crippen molar-refractivity contribution >= 4 is 40.5 Å². The highest BCUT2D eigenvalue weighted by atomic mass is 35.5. The molecule has 0 bridgehead atoms. The summed E-state index contributed by atoms with van der Waals surface area (Å²) in [5.41, 5.74) is 7.12. The fourth-order valence-electron chi connectivity index (χ4n) is 5.07. The highest BCUT2D eigenvalue weighted by Crippen LogP contribution is 2.27. The average molecular weight is 702 g/mol. The molecule has 0 saturated carbocycles. The lowest BCUT2D eigenvalue weighted by atomic mass is 10.2. The highest BCUT2D eigenvalue weighted by molar-refractivity contribution is 6.31. The number of fused-ring (bicyclic) bond motifs is 1. The molecule has 1 N–H and O–H groups in total. The van der Waals surface area contributed by atoms with Gasteiger partial charge in [-0.25, -0.2) is 4.98 Å². The van der Waals surface area contributed by atoms with Gasteiger partial charge in [0.15, 0.2) is 12.1 Å². The number of aldehydes is 1. The summed E-state index contributed by atoms with van der Waals surface area (Å²) >= 11 is 12.3. The van der Waals surface area contributed by atoms with Gasteiger partial charge in [0.1, 0.15) is 22.9 Å². The topological polar surface area (TPSA) is 99.9 Å². The van der Waals surface area contributed by atoms with Gasteiger partial charge in [-0.2, -0.15) is 10.2 Å². The molecule has 3 aromatic carbocycles. The van der Waals surface area contributed by atoms with Crippen LogP contribution < -0.4 is 9.47 Å². The molecule has 256 valence electrons. The van der Waals surface area contributed by atoms with Crippen molar-refractivity contribution in [2.75, 3.05) is 13.2 Å². The number of aromatic nitrogens is 6. The molecule has 3 aromatic heterocycles. The van der Waals surface area contributed by atoms with E-state index in [1.54, 1.807) is 10.7 Å². The van der Waals surface area contributed by atoms with E-state index in [1.807, 2.05) is 85.3 Å². The Morgan fingerprint density at radius 2 is 1.31 bits per heavy atom. The molecule has 0 atom stereocenters. The summed E-state index contributed by atoms with van der Waals surface area (Å²) in [7, 11) is 0. The van der Waals surface area contributed by atoms with Gasteiger partial charge in [-0.15, -0.1) is 0 Å². The molecule has 0 aliphatic rings. The fourth-order valence-corrected chi connectivity index (χ4v) is 5.46. The summed E-state index contributed by atoms with van der Waals surface area (Å²) in [6.45, 7) is 14.8. The number of carbonyl (C=O) groups is 1. The maximum Gasteiger partial charge on any atom is 0.170 e. The third-order valence-corrected chi connectivity index (χ3v) is 8.03. The van der Waals surface area contributed by atoms with Crippen molar-refractivity contribution in [3.05, 3.63) is 111 Å². The summed E-state index contributed by atoms with van der Waals surface area (Å²) in [6.07, 6.45) is 0.748. The quantitative estimate of drug-likeness (QED) is 0.128. The monoisotopic (exact) mass is 700 g/mol. The number of carbonyl (C=O) groups excluding carboxylic acids is 1. The molecule has 9 nitrogen and oxygen atoms in total. The van der Waals surface area contributed by atoms with E-state index in [-0.39, 0.29) is 0 Å². The Morgan fingerprint density at radius 3 is 1.84 bits per heavy atom. The lowest BCUT2D eigenvalue weighted by molar-refractivity contribution is 0.111. The first-order valence-electron chi connectivity index (χ1n) is 16.3. The zero-order chi connectivity index (χ0) is 35.1. The van der Waals surface area contributed by atoms with Gasteiger partial charge in [0, 0.05) is 32.6 Å². The Morgan fingerprint density at radius 1 is 0.755 bits per heavy atom. The van der Waals surface area contributed by atoms with Crippen molar-refractivity contribution in [2.24, 2.45) is 11.8 Å². The van der Waals surface area contributed by atoms with Crippen LogP contribution in [0.25, 0.3) is 22.6 Å². The lowest BCUT2D eigenvalue weighted by Crippen LogP contribution is -2.09. The number of imidazole rings is 1. The zero-order valence-corrected chi connectivity index (χ0v) is 30.2. The summed E-state index contributed by atoms with van der Waals surface area (Å²) < 4.78 is 15.5. The molecule has 3 heterocycles. The van der Waals surface area contributed by atoms with E-state index in [0.29, 0.717) is 53.9 Å². The SMILES string of the molecule is Cc1cc(-c2nc3ccccc3[nH]2)nn1Cc1cc(Cl)ccc1OCC(C)C.Cc1cc(C=O)nn1Cc1cc(Cl)ccc1OCC(C)C. The highest BCUT2D eigenvalue weighted by Gasteiger charge is 2.14. The largest absolute Gasteiger partial charge is 0.493 e. The number of para-hydroxylation sites is 2. The first-order valence-corrected chi connectivity index (χ1v) is 17.1. The minimum absolute atomic E-state index is 0.430. The number of hydrogen-bond donors (Lipinski definition) is 1. The molecule has 6 rings (SSSR count). The molecule has 49 heavy (non-hydrogen) atoms. The van der Waals surface area contributed by atoms with Crippen molar-refractivity contribution in [2.45, 2.75) is 54.6 Å². The number of aromatic amines is 1. The van der Waals surface area contributed by atoms with Crippen molar-refractivity contribution in [3.63, 3.8) is 0 Å². The number of H-pyrrole nitrogens is 1. The molecule has 0 fully saturated rings. The van der Waals surface area contributed by atoms with Gasteiger partial charge in [0.2, 0.25) is 0 Å². The second-order valence-corrected chi connectivity index (χ2v) is 13.7. The van der Waals surface area contributed by atoms with Crippen LogP contribution in [-0.2, 0) is 13.1 Å². The predicted molar refractivity (Wildman–Crippen MR) is 196 cm³/mol. The van der Waals surface area contributed by atoms with Crippen LogP contribution in [0.2, 0.25) is 10.0 Å². The first kappa shape index (κ1) is 35.7. The van der Waals surface area contributed by atoms with Crippen LogP contribution in [0.5, 0.6) is 11.5 Å². The van der Waals surface area contributed by atoms with Crippen LogP contribution in [0.15, 0.2) is 72.8 Å². The van der Waals surface area contributed by atoms with Crippen LogP contribution in [0.3, 0.4) is 0 Å². The second-order valence-electron chi connectivity index (χ2n) is 12.8. The van der Waals surface area contributed by atoms with Gasteiger partial charge in [-0.1, -0.05) is 63.0 Å². The average Bonchev–Trinajstić information content (AvgIpc) is 3.76. The number of rotatable bonds is 12. The number of hydrogen-bond acceptors (Lipinski definition) is 6. The van der Waals surface area contributed by atoms with Gasteiger partial charge in [0.25, 0.3) is 0 Å². The molecule has 0 unspecified atom stereocenters. The van der Waals surface area contributed by atoms with E-state index in [0.717, 1.165) is 62.9 Å². The van der Waals surface area contributed by atoms with E-state index in [2.05, 4.69) is 42.8 Å². The molecule has 0 spiro atoms. The van der Waals surface area contributed by atoms with Crippen molar-refractivity contribution in [1.82, 2.24) is 29.5 Å². The van der Waals surface area contributed by atoms with Crippen molar-refractivity contribution in [1.29, 1.82) is 0 Å². The smallest absolute Gasteiger partial charge is 0.170 e. The van der Waals surface area contributed by atoms with E-state index in [4.69, 9.17) is 37.8 Å². The Bertz CT molecular complexity index is 1990. The second kappa shape index (κ2) is 16.2. The minimum atomic E-state index is 0.430. The van der Waals surface area contributed by atoms with Gasteiger partial charge in [0.05, 0.1) is 37.3 Å². The number of nitrogens with one attached hydrogen (secondary N) is 1. The van der Waals surface area contributed by atoms with Crippen LogP contribution in [0.4, 0.5) is 0 Å². The molecule has 6 aromatic rings. The predicted octanol–water partition coefficient (Wildman–Crippen LogP) is 9.21. The molecular formula is C38H42Cl2N6O3. The molecule has 0 aliphatic carbocycles.